The van der Waals surface area contributed by atoms with Crippen molar-refractivity contribution in [3.05, 3.63) is 23.5 Å². The highest BCUT2D eigenvalue weighted by Crippen LogP contribution is 2.43. The highest BCUT2D eigenvalue weighted by Gasteiger charge is 2.47. The lowest BCUT2D eigenvalue weighted by atomic mass is 9.87. The Labute approximate surface area is 89.7 Å². The molecule has 0 spiro atoms. The monoisotopic (exact) mass is 204 g/mol. The molecule has 1 aromatic rings. The van der Waals surface area contributed by atoms with Crippen LogP contribution in [0.25, 0.3) is 0 Å². The molecule has 3 heterocycles. The van der Waals surface area contributed by atoms with Crippen molar-refractivity contribution in [2.45, 2.75) is 31.7 Å². The largest absolute Gasteiger partial charge is 0.352 e. The third kappa shape index (κ3) is 0.981. The lowest BCUT2D eigenvalue weighted by molar-refractivity contribution is -0.131. The summed E-state index contributed by atoms with van der Waals surface area (Å²) in [6.45, 7) is 3.10. The molecule has 3 rings (SSSR count). The highest BCUT2D eigenvalue weighted by atomic mass is 16.2. The Kier molecular flexibility index (Phi) is 1.59. The van der Waals surface area contributed by atoms with Crippen LogP contribution in [-0.4, -0.2) is 21.9 Å². The van der Waals surface area contributed by atoms with Gasteiger partial charge in [-0.2, -0.15) is 0 Å². The maximum absolute atomic E-state index is 11.8. The molecule has 0 aliphatic carbocycles. The number of fused-ring (bicyclic) bond motifs is 3. The molecule has 1 unspecified atom stereocenters. The minimum atomic E-state index is -0.0388. The van der Waals surface area contributed by atoms with E-state index in [-0.39, 0.29) is 5.54 Å². The van der Waals surface area contributed by atoms with E-state index in [1.807, 2.05) is 0 Å². The zero-order valence-electron chi connectivity index (χ0n) is 9.29. The van der Waals surface area contributed by atoms with Crippen LogP contribution >= 0.6 is 0 Å². The van der Waals surface area contributed by atoms with Gasteiger partial charge >= 0.3 is 0 Å². The number of aromatic nitrogens is 1. The Morgan fingerprint density at radius 3 is 3.00 bits per heavy atom. The second-order valence-corrected chi connectivity index (χ2v) is 4.87. The van der Waals surface area contributed by atoms with Gasteiger partial charge in [0.2, 0.25) is 5.91 Å². The number of carbonyl (C=O) groups is 1. The summed E-state index contributed by atoms with van der Waals surface area (Å²) < 4.78 is 2.18. The predicted molar refractivity (Wildman–Crippen MR) is 57.4 cm³/mol. The van der Waals surface area contributed by atoms with Gasteiger partial charge in [-0.1, -0.05) is 0 Å². The SMILES string of the molecule is Cn1ccc2c1C1(C)CCC(=O)N1CC2. The molecule has 1 aromatic heterocycles. The van der Waals surface area contributed by atoms with Crippen molar-refractivity contribution >= 4 is 5.91 Å². The van der Waals surface area contributed by atoms with Gasteiger partial charge in [-0.25, -0.2) is 0 Å². The van der Waals surface area contributed by atoms with Crippen LogP contribution in [0.15, 0.2) is 12.3 Å². The molecule has 15 heavy (non-hydrogen) atoms. The van der Waals surface area contributed by atoms with E-state index in [2.05, 4.69) is 35.7 Å². The van der Waals surface area contributed by atoms with Crippen LogP contribution in [-0.2, 0) is 23.8 Å². The molecule has 0 radical (unpaired) electrons. The number of rotatable bonds is 0. The van der Waals surface area contributed by atoms with Crippen LogP contribution in [0.5, 0.6) is 0 Å². The van der Waals surface area contributed by atoms with Crippen molar-refractivity contribution < 1.29 is 4.79 Å². The zero-order chi connectivity index (χ0) is 10.6. The Morgan fingerprint density at radius 1 is 1.40 bits per heavy atom. The topological polar surface area (TPSA) is 25.2 Å². The molecule has 3 heteroatoms. The number of hydrogen-bond donors (Lipinski definition) is 0. The first-order chi connectivity index (χ1) is 7.13. The smallest absolute Gasteiger partial charge is 0.223 e. The first-order valence-electron chi connectivity index (χ1n) is 5.58. The molecule has 0 bridgehead atoms. The molecule has 0 N–H and O–H groups in total. The summed E-state index contributed by atoms with van der Waals surface area (Å²) in [7, 11) is 2.08. The quantitative estimate of drug-likeness (QED) is 0.627. The molecular weight excluding hydrogens is 188 g/mol. The van der Waals surface area contributed by atoms with Gasteiger partial charge in [0.1, 0.15) is 0 Å². The number of amides is 1. The Hall–Kier alpha value is -1.25. The summed E-state index contributed by atoms with van der Waals surface area (Å²) >= 11 is 0. The summed E-state index contributed by atoms with van der Waals surface area (Å²) in [5, 5.41) is 0. The summed E-state index contributed by atoms with van der Waals surface area (Å²) in [5.74, 6) is 0.323. The van der Waals surface area contributed by atoms with E-state index in [1.165, 1.54) is 11.3 Å². The molecule has 1 atom stereocenters. The van der Waals surface area contributed by atoms with Crippen LogP contribution < -0.4 is 0 Å². The molecule has 0 saturated carbocycles. The molecule has 3 nitrogen and oxygen atoms in total. The first-order valence-corrected chi connectivity index (χ1v) is 5.58. The van der Waals surface area contributed by atoms with Crippen molar-refractivity contribution in [3.8, 4) is 0 Å². The van der Waals surface area contributed by atoms with Crippen molar-refractivity contribution in [2.75, 3.05) is 6.54 Å². The van der Waals surface area contributed by atoms with Crippen molar-refractivity contribution in [1.82, 2.24) is 9.47 Å². The standard InChI is InChI=1S/C12H16N2O/c1-12-6-3-10(15)14(12)8-5-9-4-7-13(2)11(9)12/h4,7H,3,5-6,8H2,1-2H3. The van der Waals surface area contributed by atoms with Gasteiger partial charge < -0.3 is 9.47 Å². The molecule has 2 aliphatic rings. The average Bonchev–Trinajstić information content (AvgIpc) is 2.70. The lowest BCUT2D eigenvalue weighted by Gasteiger charge is -2.40. The molecule has 0 aromatic carbocycles. The van der Waals surface area contributed by atoms with Gasteiger partial charge in [0.15, 0.2) is 0 Å². The van der Waals surface area contributed by atoms with Gasteiger partial charge in [0.05, 0.1) is 5.54 Å². The fourth-order valence-electron chi connectivity index (χ4n) is 3.25. The van der Waals surface area contributed by atoms with Gasteiger partial charge in [-0.05, 0) is 31.4 Å². The molecule has 1 saturated heterocycles. The number of nitrogens with zero attached hydrogens (tertiary/aromatic N) is 2. The van der Waals surface area contributed by atoms with Crippen molar-refractivity contribution in [1.29, 1.82) is 0 Å². The summed E-state index contributed by atoms with van der Waals surface area (Å²) in [5.41, 5.74) is 2.73. The van der Waals surface area contributed by atoms with Crippen molar-refractivity contribution in [2.24, 2.45) is 7.05 Å². The molecule has 1 amide bonds. The summed E-state index contributed by atoms with van der Waals surface area (Å²) in [4.78, 5) is 13.8. The Morgan fingerprint density at radius 2 is 2.20 bits per heavy atom. The van der Waals surface area contributed by atoms with Crippen LogP contribution in [0.3, 0.4) is 0 Å². The number of carbonyl (C=O) groups excluding carboxylic acids is 1. The lowest BCUT2D eigenvalue weighted by Crippen LogP contribution is -2.46. The first kappa shape index (κ1) is 9.01. The van der Waals surface area contributed by atoms with Crippen LogP contribution in [0, 0.1) is 0 Å². The fourth-order valence-corrected chi connectivity index (χ4v) is 3.25. The van der Waals surface area contributed by atoms with E-state index in [1.54, 1.807) is 0 Å². The number of aryl methyl sites for hydroxylation is 1. The van der Waals surface area contributed by atoms with E-state index in [4.69, 9.17) is 0 Å². The van der Waals surface area contributed by atoms with Gasteiger partial charge in [-0.15, -0.1) is 0 Å². The minimum absolute atomic E-state index is 0.0388. The number of hydrogen-bond acceptors (Lipinski definition) is 1. The van der Waals surface area contributed by atoms with Crippen LogP contribution in [0.1, 0.15) is 31.0 Å². The Bertz CT molecular complexity index is 435. The van der Waals surface area contributed by atoms with Gasteiger partial charge in [0, 0.05) is 31.9 Å². The van der Waals surface area contributed by atoms with Crippen LogP contribution in [0.2, 0.25) is 0 Å². The summed E-state index contributed by atoms with van der Waals surface area (Å²) in [6, 6.07) is 2.20. The fraction of sp³-hybridized carbons (Fsp3) is 0.583. The normalized spacial score (nSPS) is 29.2. The van der Waals surface area contributed by atoms with Crippen LogP contribution in [0.4, 0.5) is 0 Å². The zero-order valence-corrected chi connectivity index (χ0v) is 9.29. The molecule has 80 valence electrons. The van der Waals surface area contributed by atoms with E-state index in [9.17, 15) is 4.79 Å². The minimum Gasteiger partial charge on any atom is -0.352 e. The van der Waals surface area contributed by atoms with E-state index in [0.717, 1.165) is 19.4 Å². The third-order valence-corrected chi connectivity index (χ3v) is 3.99. The van der Waals surface area contributed by atoms with Gasteiger partial charge in [-0.3, -0.25) is 4.79 Å². The molecule has 1 fully saturated rings. The van der Waals surface area contributed by atoms with Gasteiger partial charge in [0.25, 0.3) is 0 Å². The summed E-state index contributed by atoms with van der Waals surface area (Å²) in [6.07, 6.45) is 4.80. The second kappa shape index (κ2) is 2.65. The van der Waals surface area contributed by atoms with E-state index >= 15 is 0 Å². The maximum atomic E-state index is 11.8. The maximum Gasteiger partial charge on any atom is 0.223 e. The highest BCUT2D eigenvalue weighted by molar-refractivity contribution is 5.80. The molecular formula is C12H16N2O. The van der Waals surface area contributed by atoms with E-state index < -0.39 is 0 Å². The molecule has 2 aliphatic heterocycles. The average molecular weight is 204 g/mol. The third-order valence-electron chi connectivity index (χ3n) is 3.99. The van der Waals surface area contributed by atoms with Crippen molar-refractivity contribution in [3.63, 3.8) is 0 Å². The Balaban J connectivity index is 2.19. The van der Waals surface area contributed by atoms with E-state index in [0.29, 0.717) is 12.3 Å². The predicted octanol–water partition coefficient (Wildman–Crippen LogP) is 1.42. The second-order valence-electron chi connectivity index (χ2n) is 4.87.